The number of amides is 1. The maximum Gasteiger partial charge on any atom is 0.232 e. The minimum absolute atomic E-state index is 0.0141. The zero-order valence-electron chi connectivity index (χ0n) is 13.1. The van der Waals surface area contributed by atoms with Crippen LogP contribution in [-0.4, -0.2) is 32.1 Å². The highest BCUT2D eigenvalue weighted by Crippen LogP contribution is 2.21. The standard InChI is InChI=1S/C16H18FN3O3S/c1-24(22,23)20(15-8-3-2-7-14(15)17)11-5-9-16(21)19-13-6-4-10-18-12-13/h2-4,6-8,10,12H,5,9,11H2,1H3,(H,19,21). The van der Waals surface area contributed by atoms with Gasteiger partial charge in [0.25, 0.3) is 0 Å². The van der Waals surface area contributed by atoms with Crippen molar-refractivity contribution in [3.8, 4) is 0 Å². The van der Waals surface area contributed by atoms with Crippen molar-refractivity contribution in [1.82, 2.24) is 4.98 Å². The van der Waals surface area contributed by atoms with Crippen LogP contribution in [0.4, 0.5) is 15.8 Å². The molecule has 0 unspecified atom stereocenters. The van der Waals surface area contributed by atoms with E-state index in [0.29, 0.717) is 5.69 Å². The van der Waals surface area contributed by atoms with Gasteiger partial charge in [-0.2, -0.15) is 0 Å². The third kappa shape index (κ3) is 5.02. The van der Waals surface area contributed by atoms with Gasteiger partial charge in [0.15, 0.2) is 0 Å². The maximum atomic E-state index is 13.9. The molecule has 0 aliphatic rings. The lowest BCUT2D eigenvalue weighted by atomic mass is 10.2. The quantitative estimate of drug-likeness (QED) is 0.831. The van der Waals surface area contributed by atoms with Crippen molar-refractivity contribution in [2.24, 2.45) is 0 Å². The van der Waals surface area contributed by atoms with Gasteiger partial charge in [-0.15, -0.1) is 0 Å². The first kappa shape index (κ1) is 17.9. The van der Waals surface area contributed by atoms with E-state index in [9.17, 15) is 17.6 Å². The molecule has 1 N–H and O–H groups in total. The van der Waals surface area contributed by atoms with E-state index in [-0.39, 0.29) is 31.0 Å². The molecule has 0 fully saturated rings. The Labute approximate surface area is 140 Å². The summed E-state index contributed by atoms with van der Waals surface area (Å²) in [5.41, 5.74) is 0.546. The summed E-state index contributed by atoms with van der Waals surface area (Å²) >= 11 is 0. The second-order valence-corrected chi connectivity index (χ2v) is 7.09. The average molecular weight is 351 g/mol. The molecule has 24 heavy (non-hydrogen) atoms. The lowest BCUT2D eigenvalue weighted by Crippen LogP contribution is -2.32. The summed E-state index contributed by atoms with van der Waals surface area (Å²) in [4.78, 5) is 15.8. The van der Waals surface area contributed by atoms with Gasteiger partial charge in [0.2, 0.25) is 15.9 Å². The van der Waals surface area contributed by atoms with Crippen molar-refractivity contribution in [2.75, 3.05) is 22.4 Å². The van der Waals surface area contributed by atoms with E-state index in [1.54, 1.807) is 24.4 Å². The number of para-hydroxylation sites is 1. The molecule has 0 radical (unpaired) electrons. The summed E-state index contributed by atoms with van der Waals surface area (Å²) in [5, 5.41) is 2.66. The number of carbonyl (C=O) groups is 1. The number of pyridine rings is 1. The molecule has 6 nitrogen and oxygen atoms in total. The summed E-state index contributed by atoms with van der Waals surface area (Å²) in [6.45, 7) is 0.0141. The number of anilines is 2. The minimum atomic E-state index is -3.65. The molecule has 1 heterocycles. The Morgan fingerprint density at radius 1 is 1.25 bits per heavy atom. The SMILES string of the molecule is CS(=O)(=O)N(CCCC(=O)Nc1cccnc1)c1ccccc1F. The molecule has 0 aliphatic heterocycles. The Morgan fingerprint density at radius 2 is 2.00 bits per heavy atom. The normalized spacial score (nSPS) is 11.1. The highest BCUT2D eigenvalue weighted by molar-refractivity contribution is 7.92. The third-order valence-corrected chi connectivity index (χ3v) is 4.41. The van der Waals surface area contributed by atoms with Gasteiger partial charge in [-0.1, -0.05) is 12.1 Å². The van der Waals surface area contributed by atoms with Crippen LogP contribution in [0.3, 0.4) is 0 Å². The second kappa shape index (κ2) is 7.87. The number of hydrogen-bond donors (Lipinski definition) is 1. The Kier molecular flexibility index (Phi) is 5.86. The summed E-state index contributed by atoms with van der Waals surface area (Å²) in [7, 11) is -3.65. The number of rotatable bonds is 7. The first-order valence-corrected chi connectivity index (χ1v) is 9.15. The average Bonchev–Trinajstić information content (AvgIpc) is 2.52. The minimum Gasteiger partial charge on any atom is -0.325 e. The maximum absolute atomic E-state index is 13.9. The Morgan fingerprint density at radius 3 is 2.62 bits per heavy atom. The molecular formula is C16H18FN3O3S. The zero-order chi connectivity index (χ0) is 17.6. The Bertz CT molecular complexity index is 797. The highest BCUT2D eigenvalue weighted by atomic mass is 32.2. The van der Waals surface area contributed by atoms with E-state index in [0.717, 1.165) is 10.6 Å². The lowest BCUT2D eigenvalue weighted by molar-refractivity contribution is -0.116. The number of hydrogen-bond acceptors (Lipinski definition) is 4. The van der Waals surface area contributed by atoms with Crippen LogP contribution in [0.2, 0.25) is 0 Å². The van der Waals surface area contributed by atoms with Crippen LogP contribution in [0, 0.1) is 5.82 Å². The van der Waals surface area contributed by atoms with E-state index in [1.165, 1.54) is 24.4 Å². The molecule has 8 heteroatoms. The highest BCUT2D eigenvalue weighted by Gasteiger charge is 2.20. The fraction of sp³-hybridized carbons (Fsp3) is 0.250. The van der Waals surface area contributed by atoms with Crippen LogP contribution in [-0.2, 0) is 14.8 Å². The van der Waals surface area contributed by atoms with Gasteiger partial charge in [0.05, 0.1) is 23.8 Å². The first-order valence-electron chi connectivity index (χ1n) is 7.30. The first-order chi connectivity index (χ1) is 11.4. The van der Waals surface area contributed by atoms with Crippen LogP contribution < -0.4 is 9.62 Å². The van der Waals surface area contributed by atoms with Crippen molar-refractivity contribution in [3.63, 3.8) is 0 Å². The number of aromatic nitrogens is 1. The largest absolute Gasteiger partial charge is 0.325 e. The summed E-state index contributed by atoms with van der Waals surface area (Å²) in [5.74, 6) is -0.882. The Hall–Kier alpha value is -2.48. The molecule has 128 valence electrons. The smallest absolute Gasteiger partial charge is 0.232 e. The van der Waals surface area contributed by atoms with Gasteiger partial charge in [0, 0.05) is 19.2 Å². The van der Waals surface area contributed by atoms with Crippen molar-refractivity contribution >= 4 is 27.3 Å². The summed E-state index contributed by atoms with van der Waals surface area (Å²) in [6, 6.07) is 9.04. The molecule has 0 saturated carbocycles. The van der Waals surface area contributed by atoms with E-state index in [1.807, 2.05) is 0 Å². The van der Waals surface area contributed by atoms with E-state index >= 15 is 0 Å². The number of sulfonamides is 1. The van der Waals surface area contributed by atoms with Crippen molar-refractivity contribution in [1.29, 1.82) is 0 Å². The van der Waals surface area contributed by atoms with Gasteiger partial charge in [-0.05, 0) is 30.7 Å². The van der Waals surface area contributed by atoms with Crippen LogP contribution in [0.5, 0.6) is 0 Å². The molecule has 2 rings (SSSR count). The number of benzene rings is 1. The molecule has 0 saturated heterocycles. The van der Waals surface area contributed by atoms with Gasteiger partial charge in [0.1, 0.15) is 5.82 Å². The predicted molar refractivity (Wildman–Crippen MR) is 90.7 cm³/mol. The summed E-state index contributed by atoms with van der Waals surface area (Å²) in [6.07, 6.45) is 4.48. The molecule has 2 aromatic rings. The molecular weight excluding hydrogens is 333 g/mol. The summed E-state index contributed by atoms with van der Waals surface area (Å²) < 4.78 is 38.6. The molecule has 1 aromatic heterocycles. The van der Waals surface area contributed by atoms with E-state index in [4.69, 9.17) is 0 Å². The molecule has 1 amide bonds. The van der Waals surface area contributed by atoms with Gasteiger partial charge in [-0.25, -0.2) is 12.8 Å². The second-order valence-electron chi connectivity index (χ2n) is 5.18. The Balaban J connectivity index is 1.97. The van der Waals surface area contributed by atoms with Crippen molar-refractivity contribution < 1.29 is 17.6 Å². The third-order valence-electron chi connectivity index (χ3n) is 3.23. The van der Waals surface area contributed by atoms with Crippen LogP contribution in [0.15, 0.2) is 48.8 Å². The van der Waals surface area contributed by atoms with E-state index in [2.05, 4.69) is 10.3 Å². The van der Waals surface area contributed by atoms with Gasteiger partial charge in [-0.3, -0.25) is 14.1 Å². The fourth-order valence-corrected chi connectivity index (χ4v) is 3.13. The lowest BCUT2D eigenvalue weighted by Gasteiger charge is -2.22. The monoisotopic (exact) mass is 351 g/mol. The molecule has 0 spiro atoms. The number of nitrogens with zero attached hydrogens (tertiary/aromatic N) is 2. The zero-order valence-corrected chi connectivity index (χ0v) is 14.0. The van der Waals surface area contributed by atoms with Gasteiger partial charge < -0.3 is 5.32 Å². The van der Waals surface area contributed by atoms with Crippen LogP contribution >= 0.6 is 0 Å². The number of halogens is 1. The van der Waals surface area contributed by atoms with E-state index < -0.39 is 15.8 Å². The van der Waals surface area contributed by atoms with Crippen LogP contribution in [0.25, 0.3) is 0 Å². The molecule has 0 aliphatic carbocycles. The molecule has 0 bridgehead atoms. The fourth-order valence-electron chi connectivity index (χ4n) is 2.16. The van der Waals surface area contributed by atoms with Crippen molar-refractivity contribution in [3.05, 3.63) is 54.6 Å². The number of nitrogens with one attached hydrogen (secondary N) is 1. The van der Waals surface area contributed by atoms with Gasteiger partial charge >= 0.3 is 0 Å². The molecule has 1 aromatic carbocycles. The van der Waals surface area contributed by atoms with Crippen molar-refractivity contribution in [2.45, 2.75) is 12.8 Å². The topological polar surface area (TPSA) is 79.4 Å². The molecule has 0 atom stereocenters. The van der Waals surface area contributed by atoms with Crippen LogP contribution in [0.1, 0.15) is 12.8 Å². The predicted octanol–water partition coefficient (Wildman–Crippen LogP) is 2.41. The number of carbonyl (C=O) groups excluding carboxylic acids is 1.